The summed E-state index contributed by atoms with van der Waals surface area (Å²) in [6.07, 6.45) is 1.68. The average Bonchev–Trinajstić information content (AvgIpc) is 2.47. The minimum atomic E-state index is -0.143. The summed E-state index contributed by atoms with van der Waals surface area (Å²) in [6.45, 7) is 2.17. The molecule has 3 heteroatoms. The molecule has 0 aromatic heterocycles. The highest BCUT2D eigenvalue weighted by atomic mass is 19.1. The van der Waals surface area contributed by atoms with Crippen LogP contribution in [-0.4, -0.2) is 13.1 Å². The Morgan fingerprint density at radius 2 is 1.85 bits per heavy atom. The summed E-state index contributed by atoms with van der Waals surface area (Å²) in [5.74, 6) is -0.143. The highest BCUT2D eigenvalue weighted by molar-refractivity contribution is 5.57. The van der Waals surface area contributed by atoms with E-state index < -0.39 is 0 Å². The number of anilines is 1. The van der Waals surface area contributed by atoms with E-state index in [0.29, 0.717) is 13.0 Å². The molecule has 0 saturated heterocycles. The second-order valence-corrected chi connectivity index (χ2v) is 5.23. The fourth-order valence-electron chi connectivity index (χ4n) is 2.96. The van der Waals surface area contributed by atoms with Crippen molar-refractivity contribution in [2.45, 2.75) is 19.4 Å². The largest absolute Gasteiger partial charge is 0.364 e. The van der Waals surface area contributed by atoms with E-state index >= 15 is 0 Å². The Kier molecular flexibility index (Phi) is 3.70. The molecule has 0 amide bonds. The minimum absolute atomic E-state index is 0.143. The van der Waals surface area contributed by atoms with E-state index in [1.807, 2.05) is 12.1 Å². The fourth-order valence-corrected chi connectivity index (χ4v) is 2.96. The molecule has 0 aliphatic carbocycles. The number of nitrogens with two attached hydrogens (primary N) is 1. The van der Waals surface area contributed by atoms with Crippen LogP contribution in [0.1, 0.15) is 16.7 Å². The van der Waals surface area contributed by atoms with Gasteiger partial charge in [0, 0.05) is 13.1 Å². The van der Waals surface area contributed by atoms with E-state index in [9.17, 15) is 4.39 Å². The predicted molar refractivity (Wildman–Crippen MR) is 80.4 cm³/mol. The Bertz CT molecular complexity index is 610. The van der Waals surface area contributed by atoms with E-state index in [4.69, 9.17) is 5.73 Å². The zero-order valence-corrected chi connectivity index (χ0v) is 11.5. The van der Waals surface area contributed by atoms with Crippen molar-refractivity contribution in [3.63, 3.8) is 0 Å². The number of benzene rings is 2. The molecule has 104 valence electrons. The number of hydrogen-bond acceptors (Lipinski definition) is 2. The third kappa shape index (κ3) is 2.41. The predicted octanol–water partition coefficient (Wildman–Crippen LogP) is 2.89. The lowest BCUT2D eigenvalue weighted by Crippen LogP contribution is -2.32. The smallest absolute Gasteiger partial charge is 0.146 e. The van der Waals surface area contributed by atoms with Gasteiger partial charge in [-0.25, -0.2) is 4.39 Å². The summed E-state index contributed by atoms with van der Waals surface area (Å²) in [4.78, 5) is 2.14. The molecule has 2 aromatic carbocycles. The second kappa shape index (κ2) is 5.63. The molecular formula is C17H19FN2. The van der Waals surface area contributed by atoms with Crippen molar-refractivity contribution in [3.8, 4) is 0 Å². The van der Waals surface area contributed by atoms with Gasteiger partial charge in [0.25, 0.3) is 0 Å². The SMILES string of the molecule is NCCc1cccc(F)c1N1CCc2ccccc2C1. The summed E-state index contributed by atoms with van der Waals surface area (Å²) in [7, 11) is 0. The van der Waals surface area contributed by atoms with Crippen molar-refractivity contribution >= 4 is 5.69 Å². The van der Waals surface area contributed by atoms with Crippen LogP contribution in [0.15, 0.2) is 42.5 Å². The van der Waals surface area contributed by atoms with Crippen LogP contribution >= 0.6 is 0 Å². The van der Waals surface area contributed by atoms with Crippen LogP contribution < -0.4 is 10.6 Å². The van der Waals surface area contributed by atoms with Crippen LogP contribution in [0.25, 0.3) is 0 Å². The van der Waals surface area contributed by atoms with Crippen LogP contribution in [0.5, 0.6) is 0 Å². The summed E-state index contributed by atoms with van der Waals surface area (Å²) >= 11 is 0. The van der Waals surface area contributed by atoms with Crippen LogP contribution in [0, 0.1) is 5.82 Å². The van der Waals surface area contributed by atoms with Crippen LogP contribution in [-0.2, 0) is 19.4 Å². The molecule has 0 fully saturated rings. The van der Waals surface area contributed by atoms with Gasteiger partial charge < -0.3 is 10.6 Å². The first kappa shape index (κ1) is 13.1. The molecule has 1 aliphatic rings. The summed E-state index contributed by atoms with van der Waals surface area (Å²) in [5, 5.41) is 0. The fraction of sp³-hybridized carbons (Fsp3) is 0.294. The van der Waals surface area contributed by atoms with Gasteiger partial charge in [0.05, 0.1) is 5.69 Å². The molecule has 2 N–H and O–H groups in total. The Hall–Kier alpha value is -1.87. The molecule has 0 saturated carbocycles. The lowest BCUT2D eigenvalue weighted by atomic mass is 9.98. The van der Waals surface area contributed by atoms with Crippen LogP contribution in [0.4, 0.5) is 10.1 Å². The van der Waals surface area contributed by atoms with Gasteiger partial charge in [-0.05, 0) is 42.1 Å². The van der Waals surface area contributed by atoms with Crippen molar-refractivity contribution in [2.75, 3.05) is 18.0 Å². The summed E-state index contributed by atoms with van der Waals surface area (Å²) < 4.78 is 14.3. The standard InChI is InChI=1S/C17H19FN2/c18-16-7-3-6-14(8-10-19)17(16)20-11-9-13-4-1-2-5-15(13)12-20/h1-7H,8-12,19H2. The van der Waals surface area contributed by atoms with Crippen LogP contribution in [0.2, 0.25) is 0 Å². The van der Waals surface area contributed by atoms with Gasteiger partial charge in [0.15, 0.2) is 0 Å². The van der Waals surface area contributed by atoms with Gasteiger partial charge in [-0.3, -0.25) is 0 Å². The number of para-hydroxylation sites is 1. The number of hydrogen-bond donors (Lipinski definition) is 1. The Morgan fingerprint density at radius 3 is 2.65 bits per heavy atom. The molecule has 0 bridgehead atoms. The number of halogens is 1. The van der Waals surface area contributed by atoms with Gasteiger partial charge in [-0.15, -0.1) is 0 Å². The van der Waals surface area contributed by atoms with Crippen LogP contribution in [0.3, 0.4) is 0 Å². The molecule has 20 heavy (non-hydrogen) atoms. The van der Waals surface area contributed by atoms with E-state index in [1.165, 1.54) is 17.2 Å². The molecule has 0 atom stereocenters. The highest BCUT2D eigenvalue weighted by Gasteiger charge is 2.20. The maximum atomic E-state index is 14.3. The van der Waals surface area contributed by atoms with E-state index in [2.05, 4.69) is 23.1 Å². The maximum absolute atomic E-state index is 14.3. The first-order chi connectivity index (χ1) is 9.79. The van der Waals surface area contributed by atoms with Crippen molar-refractivity contribution in [2.24, 2.45) is 5.73 Å². The van der Waals surface area contributed by atoms with Crippen molar-refractivity contribution in [1.82, 2.24) is 0 Å². The number of rotatable bonds is 3. The Balaban J connectivity index is 1.95. The van der Waals surface area contributed by atoms with E-state index in [1.54, 1.807) is 6.07 Å². The number of fused-ring (bicyclic) bond motifs is 1. The average molecular weight is 270 g/mol. The van der Waals surface area contributed by atoms with Gasteiger partial charge >= 0.3 is 0 Å². The van der Waals surface area contributed by atoms with Crippen molar-refractivity contribution < 1.29 is 4.39 Å². The Labute approximate surface area is 119 Å². The van der Waals surface area contributed by atoms with Gasteiger partial charge in [-0.1, -0.05) is 36.4 Å². The molecule has 0 radical (unpaired) electrons. The summed E-state index contributed by atoms with van der Waals surface area (Å²) in [6, 6.07) is 13.7. The lowest BCUT2D eigenvalue weighted by Gasteiger charge is -2.32. The molecule has 2 nitrogen and oxygen atoms in total. The lowest BCUT2D eigenvalue weighted by molar-refractivity contribution is 0.607. The first-order valence-electron chi connectivity index (χ1n) is 7.09. The normalized spacial score (nSPS) is 14.2. The van der Waals surface area contributed by atoms with E-state index in [0.717, 1.165) is 30.8 Å². The molecule has 1 aliphatic heterocycles. The van der Waals surface area contributed by atoms with Crippen molar-refractivity contribution in [3.05, 3.63) is 65.0 Å². The third-order valence-electron chi connectivity index (χ3n) is 3.93. The highest BCUT2D eigenvalue weighted by Crippen LogP contribution is 2.30. The summed E-state index contributed by atoms with van der Waals surface area (Å²) in [5.41, 5.74) is 10.0. The Morgan fingerprint density at radius 1 is 1.05 bits per heavy atom. The zero-order valence-electron chi connectivity index (χ0n) is 11.5. The second-order valence-electron chi connectivity index (χ2n) is 5.23. The maximum Gasteiger partial charge on any atom is 0.146 e. The van der Waals surface area contributed by atoms with Crippen molar-refractivity contribution in [1.29, 1.82) is 0 Å². The minimum Gasteiger partial charge on any atom is -0.364 e. The first-order valence-corrected chi connectivity index (χ1v) is 7.09. The zero-order chi connectivity index (χ0) is 13.9. The molecular weight excluding hydrogens is 251 g/mol. The third-order valence-corrected chi connectivity index (χ3v) is 3.93. The monoisotopic (exact) mass is 270 g/mol. The molecule has 3 rings (SSSR count). The van der Waals surface area contributed by atoms with Gasteiger partial charge in [0.1, 0.15) is 5.82 Å². The van der Waals surface area contributed by atoms with E-state index in [-0.39, 0.29) is 5.82 Å². The number of nitrogens with zero attached hydrogens (tertiary/aromatic N) is 1. The topological polar surface area (TPSA) is 29.3 Å². The molecule has 2 aromatic rings. The van der Waals surface area contributed by atoms with Gasteiger partial charge in [-0.2, -0.15) is 0 Å². The molecule has 0 spiro atoms. The molecule has 1 heterocycles. The molecule has 0 unspecified atom stereocenters. The quantitative estimate of drug-likeness (QED) is 0.929. The van der Waals surface area contributed by atoms with Gasteiger partial charge in [0.2, 0.25) is 0 Å².